The second-order valence-corrected chi connectivity index (χ2v) is 11.1. The van der Waals surface area contributed by atoms with E-state index >= 15 is 0 Å². The maximum absolute atomic E-state index is 13.1. The second-order valence-electron chi connectivity index (χ2n) is 9.36. The van der Waals surface area contributed by atoms with Crippen LogP contribution in [0.3, 0.4) is 0 Å². The molecular weight excluding hydrogens is 440 g/mol. The number of carboxylic acids is 1. The summed E-state index contributed by atoms with van der Waals surface area (Å²) in [7, 11) is -3.61. The third kappa shape index (κ3) is 6.00. The quantitative estimate of drug-likeness (QED) is 0.541. The molecule has 7 nitrogen and oxygen atoms in total. The van der Waals surface area contributed by atoms with Crippen molar-refractivity contribution in [2.24, 2.45) is 11.3 Å². The summed E-state index contributed by atoms with van der Waals surface area (Å²) in [4.78, 5) is 25.2. The summed E-state index contributed by atoms with van der Waals surface area (Å²) >= 11 is 0. The molecule has 0 aromatic heterocycles. The van der Waals surface area contributed by atoms with Crippen molar-refractivity contribution in [2.75, 3.05) is 0 Å². The number of hydrogen-bond donors (Lipinski definition) is 3. The molecule has 1 aliphatic rings. The molecule has 0 spiro atoms. The van der Waals surface area contributed by atoms with E-state index in [9.17, 15) is 23.1 Å². The fourth-order valence-corrected chi connectivity index (χ4v) is 5.49. The monoisotopic (exact) mass is 472 g/mol. The van der Waals surface area contributed by atoms with Crippen molar-refractivity contribution >= 4 is 21.9 Å². The van der Waals surface area contributed by atoms with Gasteiger partial charge in [-0.2, -0.15) is 0 Å². The summed E-state index contributed by atoms with van der Waals surface area (Å²) in [6.45, 7) is 5.10. The highest BCUT2D eigenvalue weighted by Crippen LogP contribution is 2.35. The molecule has 1 amide bonds. The summed E-state index contributed by atoms with van der Waals surface area (Å²) in [5, 5.41) is 12.7. The van der Waals surface area contributed by atoms with E-state index in [2.05, 4.69) is 10.0 Å². The summed E-state index contributed by atoms with van der Waals surface area (Å²) in [6, 6.07) is 14.9. The van der Waals surface area contributed by atoms with Gasteiger partial charge in [0, 0.05) is 12.0 Å². The molecule has 0 unspecified atom stereocenters. The Morgan fingerprint density at radius 2 is 1.55 bits per heavy atom. The Morgan fingerprint density at radius 3 is 2.09 bits per heavy atom. The van der Waals surface area contributed by atoms with E-state index in [-0.39, 0.29) is 22.8 Å². The van der Waals surface area contributed by atoms with Gasteiger partial charge in [-0.25, -0.2) is 13.1 Å². The minimum Gasteiger partial charge on any atom is -0.481 e. The van der Waals surface area contributed by atoms with Crippen LogP contribution in [-0.2, 0) is 19.6 Å². The van der Waals surface area contributed by atoms with Crippen molar-refractivity contribution in [3.8, 4) is 0 Å². The first-order valence-electron chi connectivity index (χ1n) is 11.2. The van der Waals surface area contributed by atoms with Crippen molar-refractivity contribution in [3.63, 3.8) is 0 Å². The number of aryl methyl sites for hydroxylation is 1. The van der Waals surface area contributed by atoms with Crippen LogP contribution in [0.2, 0.25) is 0 Å². The lowest BCUT2D eigenvalue weighted by Gasteiger charge is -2.34. The number of sulfonamides is 1. The van der Waals surface area contributed by atoms with E-state index in [0.717, 1.165) is 11.1 Å². The molecule has 178 valence electrons. The van der Waals surface area contributed by atoms with E-state index in [4.69, 9.17) is 0 Å². The summed E-state index contributed by atoms with van der Waals surface area (Å²) in [5.41, 5.74) is 0.524. The molecule has 1 saturated carbocycles. The fourth-order valence-electron chi connectivity index (χ4n) is 4.19. The Labute approximate surface area is 195 Å². The van der Waals surface area contributed by atoms with Crippen LogP contribution in [0.4, 0.5) is 0 Å². The molecule has 2 aromatic rings. The number of rotatable bonds is 8. The van der Waals surface area contributed by atoms with Crippen LogP contribution in [0.5, 0.6) is 0 Å². The SMILES string of the molecule is Cc1ccc(S(=O)(=O)NC2CCC(C(=O)N[C@@H](c3ccccc3)C(C)(C)C(=O)O)CC2)cc1. The predicted octanol–water partition coefficient (Wildman–Crippen LogP) is 3.80. The average molecular weight is 473 g/mol. The van der Waals surface area contributed by atoms with E-state index in [0.29, 0.717) is 25.7 Å². The Morgan fingerprint density at radius 1 is 0.970 bits per heavy atom. The van der Waals surface area contributed by atoms with Crippen LogP contribution in [0.15, 0.2) is 59.5 Å². The number of hydrogen-bond acceptors (Lipinski definition) is 4. The number of benzene rings is 2. The number of aliphatic carboxylic acids is 1. The second kappa shape index (κ2) is 10.1. The molecule has 8 heteroatoms. The average Bonchev–Trinajstić information content (AvgIpc) is 2.78. The summed E-state index contributed by atoms with van der Waals surface area (Å²) < 4.78 is 28.1. The van der Waals surface area contributed by atoms with Crippen molar-refractivity contribution in [3.05, 3.63) is 65.7 Å². The van der Waals surface area contributed by atoms with Gasteiger partial charge in [-0.3, -0.25) is 9.59 Å². The van der Waals surface area contributed by atoms with Crippen LogP contribution in [0.25, 0.3) is 0 Å². The molecule has 0 heterocycles. The zero-order chi connectivity index (χ0) is 24.2. The standard InChI is InChI=1S/C25H32N2O5S/c1-17-9-15-21(16-10-17)33(31,32)27-20-13-11-19(12-14-20)23(28)26-22(25(2,3)24(29)30)18-7-5-4-6-8-18/h4-10,15-16,19-20,22,27H,11-14H2,1-3H3,(H,26,28)(H,29,30)/t19?,20?,22-/m0/s1. The molecule has 0 bridgehead atoms. The van der Waals surface area contributed by atoms with Gasteiger partial charge in [0.15, 0.2) is 0 Å². The third-order valence-electron chi connectivity index (χ3n) is 6.44. The van der Waals surface area contributed by atoms with Crippen molar-refractivity contribution in [1.82, 2.24) is 10.0 Å². The van der Waals surface area contributed by atoms with Gasteiger partial charge in [0.05, 0.1) is 16.4 Å². The molecule has 0 saturated heterocycles. The summed E-state index contributed by atoms with van der Waals surface area (Å²) in [5.74, 6) is -1.48. The molecule has 33 heavy (non-hydrogen) atoms. The van der Waals surface area contributed by atoms with Crippen molar-refractivity contribution < 1.29 is 23.1 Å². The number of nitrogens with one attached hydrogen (secondary N) is 2. The number of carbonyl (C=O) groups is 2. The van der Waals surface area contributed by atoms with E-state index in [1.54, 1.807) is 38.1 Å². The highest BCUT2D eigenvalue weighted by atomic mass is 32.2. The number of carboxylic acid groups (broad SMARTS) is 1. The first-order valence-corrected chi connectivity index (χ1v) is 12.7. The Balaban J connectivity index is 1.63. The molecule has 3 rings (SSSR count). The van der Waals surface area contributed by atoms with Gasteiger partial charge in [0.25, 0.3) is 0 Å². The van der Waals surface area contributed by atoms with Crippen LogP contribution in [-0.4, -0.2) is 31.4 Å². The largest absolute Gasteiger partial charge is 0.481 e. The number of carbonyl (C=O) groups excluding carboxylic acids is 1. The van der Waals surface area contributed by atoms with Gasteiger partial charge in [0.2, 0.25) is 15.9 Å². The van der Waals surface area contributed by atoms with Crippen LogP contribution < -0.4 is 10.0 Å². The molecule has 0 radical (unpaired) electrons. The Kier molecular flexibility index (Phi) is 7.59. The topological polar surface area (TPSA) is 113 Å². The van der Waals surface area contributed by atoms with Gasteiger partial charge in [-0.15, -0.1) is 0 Å². The smallest absolute Gasteiger partial charge is 0.311 e. The normalized spacial score (nSPS) is 20.1. The minimum absolute atomic E-state index is 0.196. The third-order valence-corrected chi connectivity index (χ3v) is 7.98. The van der Waals surface area contributed by atoms with Gasteiger partial charge in [-0.05, 0) is 64.2 Å². The molecule has 1 fully saturated rings. The van der Waals surface area contributed by atoms with Gasteiger partial charge < -0.3 is 10.4 Å². The maximum atomic E-state index is 13.1. The Bertz CT molecular complexity index is 1070. The zero-order valence-electron chi connectivity index (χ0n) is 19.2. The van der Waals surface area contributed by atoms with E-state index < -0.39 is 27.4 Å². The lowest BCUT2D eigenvalue weighted by Crippen LogP contribution is -2.46. The van der Waals surface area contributed by atoms with E-state index in [1.807, 2.05) is 37.3 Å². The predicted molar refractivity (Wildman–Crippen MR) is 126 cm³/mol. The first kappa shape index (κ1) is 24.9. The molecular formula is C25H32N2O5S. The van der Waals surface area contributed by atoms with Crippen LogP contribution in [0.1, 0.15) is 56.7 Å². The van der Waals surface area contributed by atoms with Crippen LogP contribution in [0, 0.1) is 18.3 Å². The van der Waals surface area contributed by atoms with Crippen molar-refractivity contribution in [2.45, 2.75) is 63.4 Å². The molecule has 1 aliphatic carbocycles. The highest BCUT2D eigenvalue weighted by Gasteiger charge is 2.40. The molecule has 3 N–H and O–H groups in total. The zero-order valence-corrected chi connectivity index (χ0v) is 20.1. The fraction of sp³-hybridized carbons (Fsp3) is 0.440. The van der Waals surface area contributed by atoms with Gasteiger partial charge >= 0.3 is 5.97 Å². The lowest BCUT2D eigenvalue weighted by molar-refractivity contribution is -0.149. The molecule has 1 atom stereocenters. The lowest BCUT2D eigenvalue weighted by atomic mass is 9.79. The van der Waals surface area contributed by atoms with E-state index in [1.165, 1.54) is 0 Å². The Hall–Kier alpha value is -2.71. The number of amides is 1. The first-order chi connectivity index (χ1) is 15.5. The molecule has 0 aliphatic heterocycles. The minimum atomic E-state index is -3.61. The highest BCUT2D eigenvalue weighted by molar-refractivity contribution is 7.89. The summed E-state index contributed by atoms with van der Waals surface area (Å²) in [6.07, 6.45) is 2.15. The van der Waals surface area contributed by atoms with Crippen molar-refractivity contribution in [1.29, 1.82) is 0 Å². The molecule has 2 aromatic carbocycles. The van der Waals surface area contributed by atoms with Crippen LogP contribution >= 0.6 is 0 Å². The maximum Gasteiger partial charge on any atom is 0.311 e. The van der Waals surface area contributed by atoms with Gasteiger partial charge in [0.1, 0.15) is 0 Å². The van der Waals surface area contributed by atoms with Gasteiger partial charge in [-0.1, -0.05) is 48.0 Å².